The molecule has 0 fully saturated rings. The number of carbonyl (C=O) groups excluding carboxylic acids is 1. The summed E-state index contributed by atoms with van der Waals surface area (Å²) in [6.45, 7) is 11.2. The molecule has 0 spiro atoms. The van der Waals surface area contributed by atoms with Crippen molar-refractivity contribution in [2.45, 2.75) is 52.4 Å². The average Bonchev–Trinajstić information content (AvgIpc) is 3.32. The second kappa shape index (κ2) is 14.2. The number of benzene rings is 2. The van der Waals surface area contributed by atoms with Crippen molar-refractivity contribution in [1.82, 2.24) is 9.55 Å². The SMILES string of the molecule is CCOC(=O)c1cc2nc(N(Cc3ccc(OC)cc3)Cc3ccc(OC)cc3)c(Br)cc2n1COCC[Si](C)(C)C. The number of aromatic nitrogens is 2. The molecule has 42 heavy (non-hydrogen) atoms. The van der Waals surface area contributed by atoms with Gasteiger partial charge in [0.2, 0.25) is 0 Å². The highest BCUT2D eigenvalue weighted by atomic mass is 79.9. The average molecular weight is 655 g/mol. The van der Waals surface area contributed by atoms with E-state index in [9.17, 15) is 4.79 Å². The quantitative estimate of drug-likeness (QED) is 0.0792. The molecule has 0 amide bonds. The van der Waals surface area contributed by atoms with E-state index in [0.29, 0.717) is 30.9 Å². The van der Waals surface area contributed by atoms with Crippen molar-refractivity contribution in [1.29, 1.82) is 0 Å². The Morgan fingerprint density at radius 3 is 2.00 bits per heavy atom. The third kappa shape index (κ3) is 8.14. The van der Waals surface area contributed by atoms with Gasteiger partial charge in [-0.25, -0.2) is 9.78 Å². The Morgan fingerprint density at radius 2 is 1.50 bits per heavy atom. The van der Waals surface area contributed by atoms with Crippen LogP contribution >= 0.6 is 15.9 Å². The second-order valence-electron chi connectivity index (χ2n) is 11.3. The van der Waals surface area contributed by atoms with Crippen molar-refractivity contribution in [3.63, 3.8) is 0 Å². The molecule has 0 unspecified atom stereocenters. The van der Waals surface area contributed by atoms with Crippen LogP contribution in [0.25, 0.3) is 11.0 Å². The van der Waals surface area contributed by atoms with E-state index < -0.39 is 14.0 Å². The molecule has 0 aliphatic heterocycles. The first-order valence-corrected chi connectivity index (χ1v) is 18.6. The van der Waals surface area contributed by atoms with E-state index in [-0.39, 0.29) is 13.3 Å². The second-order valence-corrected chi connectivity index (χ2v) is 17.8. The van der Waals surface area contributed by atoms with Crippen LogP contribution in [0.5, 0.6) is 11.5 Å². The minimum Gasteiger partial charge on any atom is -0.497 e. The van der Waals surface area contributed by atoms with Crippen LogP contribution in [-0.4, -0.2) is 51.0 Å². The van der Waals surface area contributed by atoms with Crippen molar-refractivity contribution < 1.29 is 23.7 Å². The number of carbonyl (C=O) groups is 1. The lowest BCUT2D eigenvalue weighted by molar-refractivity contribution is 0.0478. The highest BCUT2D eigenvalue weighted by Crippen LogP contribution is 2.33. The fraction of sp³-hybridized carbons (Fsp3) is 0.375. The molecule has 0 N–H and O–H groups in total. The molecule has 0 atom stereocenters. The number of ether oxygens (including phenoxy) is 4. The van der Waals surface area contributed by atoms with Crippen LogP contribution in [0, 0.1) is 0 Å². The van der Waals surface area contributed by atoms with Crippen LogP contribution in [0.2, 0.25) is 25.7 Å². The molecule has 0 aliphatic rings. The van der Waals surface area contributed by atoms with Crippen LogP contribution in [0.15, 0.2) is 65.1 Å². The first kappa shape index (κ1) is 31.6. The predicted octanol–water partition coefficient (Wildman–Crippen LogP) is 7.51. The van der Waals surface area contributed by atoms with Gasteiger partial charge in [0.05, 0.1) is 36.3 Å². The summed E-state index contributed by atoms with van der Waals surface area (Å²) in [5.74, 6) is 1.98. The molecule has 0 saturated heterocycles. The van der Waals surface area contributed by atoms with Gasteiger partial charge in [0.1, 0.15) is 29.7 Å². The van der Waals surface area contributed by atoms with E-state index in [1.807, 2.05) is 34.9 Å². The van der Waals surface area contributed by atoms with E-state index in [0.717, 1.165) is 44.5 Å². The summed E-state index contributed by atoms with van der Waals surface area (Å²) in [7, 11) is 2.07. The number of methoxy groups -OCH3 is 2. The molecular weight excluding hydrogens is 614 g/mol. The lowest BCUT2D eigenvalue weighted by Crippen LogP contribution is -2.23. The summed E-state index contributed by atoms with van der Waals surface area (Å²) in [6, 6.07) is 20.9. The Morgan fingerprint density at radius 1 is 0.929 bits per heavy atom. The number of rotatable bonds is 14. The molecule has 0 saturated carbocycles. The van der Waals surface area contributed by atoms with Gasteiger partial charge in [-0.05, 0) is 76.4 Å². The minimum absolute atomic E-state index is 0.247. The standard InChI is InChI=1S/C32H40BrN3O5Si/c1-7-41-32(37)30-19-28-29(36(30)22-40-16-17-42(4,5)6)18-27(33)31(34-28)35(20-23-8-12-25(38-2)13-9-23)21-24-10-14-26(39-3)15-11-24/h8-15,18-19H,7,16-17,20-22H2,1-6H3. The third-order valence-electron chi connectivity index (χ3n) is 6.89. The summed E-state index contributed by atoms with van der Waals surface area (Å²) in [6.07, 6.45) is 0. The van der Waals surface area contributed by atoms with Gasteiger partial charge in [-0.15, -0.1) is 0 Å². The zero-order valence-electron chi connectivity index (χ0n) is 25.3. The van der Waals surface area contributed by atoms with Crippen LogP contribution in [-0.2, 0) is 29.3 Å². The largest absolute Gasteiger partial charge is 0.497 e. The number of halogens is 1. The van der Waals surface area contributed by atoms with Crippen LogP contribution in [0.4, 0.5) is 5.82 Å². The Bertz CT molecular complexity index is 1430. The van der Waals surface area contributed by atoms with Crippen LogP contribution in [0.3, 0.4) is 0 Å². The first-order chi connectivity index (χ1) is 20.1. The van der Waals surface area contributed by atoms with Crippen molar-refractivity contribution in [3.8, 4) is 11.5 Å². The molecule has 0 bridgehead atoms. The number of anilines is 1. The molecule has 4 aromatic rings. The summed E-state index contributed by atoms with van der Waals surface area (Å²) in [4.78, 5) is 20.2. The van der Waals surface area contributed by atoms with Crippen LogP contribution < -0.4 is 14.4 Å². The zero-order chi connectivity index (χ0) is 30.3. The van der Waals surface area contributed by atoms with Gasteiger partial charge >= 0.3 is 5.97 Å². The van der Waals surface area contributed by atoms with Crippen molar-refractivity contribution in [2.24, 2.45) is 0 Å². The Balaban J connectivity index is 1.72. The molecule has 8 nitrogen and oxygen atoms in total. The first-order valence-electron chi connectivity index (χ1n) is 14.1. The maximum absolute atomic E-state index is 13.0. The van der Waals surface area contributed by atoms with Gasteiger partial charge in [0.25, 0.3) is 0 Å². The van der Waals surface area contributed by atoms with E-state index in [1.165, 1.54) is 0 Å². The van der Waals surface area contributed by atoms with Crippen molar-refractivity contribution in [3.05, 3.63) is 82.0 Å². The molecule has 4 rings (SSSR count). The highest BCUT2D eigenvalue weighted by Gasteiger charge is 2.22. The summed E-state index contributed by atoms with van der Waals surface area (Å²) in [5, 5.41) is 0. The summed E-state index contributed by atoms with van der Waals surface area (Å²) >= 11 is 3.80. The van der Waals surface area contributed by atoms with E-state index >= 15 is 0 Å². The number of nitrogens with zero attached hydrogens (tertiary/aromatic N) is 3. The van der Waals surface area contributed by atoms with Gasteiger partial charge in [0, 0.05) is 27.8 Å². The Labute approximate surface area is 257 Å². The predicted molar refractivity (Wildman–Crippen MR) is 173 cm³/mol. The van der Waals surface area contributed by atoms with Crippen molar-refractivity contribution >= 4 is 46.8 Å². The van der Waals surface area contributed by atoms with Gasteiger partial charge in [-0.3, -0.25) is 0 Å². The Hall–Kier alpha value is -3.34. The highest BCUT2D eigenvalue weighted by molar-refractivity contribution is 9.10. The summed E-state index contributed by atoms with van der Waals surface area (Å²) in [5.41, 5.74) is 4.14. The molecule has 224 valence electrons. The maximum Gasteiger partial charge on any atom is 0.355 e. The van der Waals surface area contributed by atoms with Crippen molar-refractivity contribution in [2.75, 3.05) is 32.3 Å². The van der Waals surface area contributed by atoms with Crippen LogP contribution in [0.1, 0.15) is 28.5 Å². The number of fused-ring (bicyclic) bond motifs is 1. The minimum atomic E-state index is -1.25. The van der Waals surface area contributed by atoms with E-state index in [1.54, 1.807) is 27.2 Å². The van der Waals surface area contributed by atoms with Gasteiger partial charge in [-0.2, -0.15) is 0 Å². The van der Waals surface area contributed by atoms with E-state index in [2.05, 4.69) is 64.7 Å². The van der Waals surface area contributed by atoms with Gasteiger partial charge < -0.3 is 28.4 Å². The lowest BCUT2D eigenvalue weighted by atomic mass is 10.1. The topological polar surface area (TPSA) is 75.0 Å². The number of esters is 1. The molecule has 0 radical (unpaired) electrons. The zero-order valence-corrected chi connectivity index (χ0v) is 27.9. The number of hydrogen-bond donors (Lipinski definition) is 0. The smallest absolute Gasteiger partial charge is 0.355 e. The maximum atomic E-state index is 13.0. The molecule has 2 heterocycles. The molecule has 2 aromatic carbocycles. The molecule has 2 aromatic heterocycles. The monoisotopic (exact) mass is 653 g/mol. The van der Waals surface area contributed by atoms with Gasteiger partial charge in [-0.1, -0.05) is 43.9 Å². The normalized spacial score (nSPS) is 11.5. The number of pyridine rings is 1. The molecular formula is C32H40BrN3O5Si. The number of hydrogen-bond acceptors (Lipinski definition) is 7. The molecule has 0 aliphatic carbocycles. The fourth-order valence-electron chi connectivity index (χ4n) is 4.52. The fourth-order valence-corrected chi connectivity index (χ4v) is 5.83. The lowest BCUT2D eigenvalue weighted by Gasteiger charge is -2.25. The van der Waals surface area contributed by atoms with E-state index in [4.69, 9.17) is 23.9 Å². The summed E-state index contributed by atoms with van der Waals surface area (Å²) < 4.78 is 24.8. The molecule has 10 heteroatoms. The third-order valence-corrected chi connectivity index (χ3v) is 9.17. The van der Waals surface area contributed by atoms with Gasteiger partial charge in [0.15, 0.2) is 0 Å². The Kier molecular flexibility index (Phi) is 10.7.